The smallest absolute Gasteiger partial charge is 0.123 e. The van der Waals surface area contributed by atoms with Crippen molar-refractivity contribution in [3.63, 3.8) is 0 Å². The molecule has 1 aromatic heterocycles. The molecule has 0 saturated heterocycles. The first-order chi connectivity index (χ1) is 13.6. The van der Waals surface area contributed by atoms with Crippen molar-refractivity contribution in [1.29, 1.82) is 0 Å². The van der Waals surface area contributed by atoms with E-state index in [1.54, 1.807) is 12.1 Å². The first-order valence-electron chi connectivity index (χ1n) is 9.76. The fourth-order valence-corrected chi connectivity index (χ4v) is 3.97. The molecule has 0 spiro atoms. The van der Waals surface area contributed by atoms with Gasteiger partial charge in [-0.2, -0.15) is 5.10 Å². The average molecular weight is 376 g/mol. The zero-order valence-electron chi connectivity index (χ0n) is 16.3. The zero-order valence-corrected chi connectivity index (χ0v) is 16.3. The van der Waals surface area contributed by atoms with Crippen LogP contribution in [0.2, 0.25) is 0 Å². The average Bonchev–Trinajstić information content (AvgIpc) is 3.11. The molecule has 0 aliphatic heterocycles. The summed E-state index contributed by atoms with van der Waals surface area (Å²) in [5.41, 5.74) is 4.34. The van der Waals surface area contributed by atoms with Gasteiger partial charge in [0.05, 0.1) is 23.7 Å². The minimum atomic E-state index is -0.240. The molecule has 2 aromatic carbocycles. The summed E-state index contributed by atoms with van der Waals surface area (Å²) in [4.78, 5) is 0. The molecular weight excluding hydrogens is 351 g/mol. The van der Waals surface area contributed by atoms with Crippen molar-refractivity contribution in [2.75, 3.05) is 6.61 Å². The van der Waals surface area contributed by atoms with Gasteiger partial charge >= 0.3 is 0 Å². The number of nitrogens with zero attached hydrogens (tertiary/aromatic N) is 2. The van der Waals surface area contributed by atoms with Crippen LogP contribution in [0.25, 0.3) is 11.8 Å². The number of rotatable bonds is 6. The van der Waals surface area contributed by atoms with Gasteiger partial charge < -0.3 is 4.74 Å². The molecule has 1 heterocycles. The van der Waals surface area contributed by atoms with E-state index in [0.717, 1.165) is 24.2 Å². The number of ether oxygens (including phenoxy) is 1. The monoisotopic (exact) mass is 376 g/mol. The number of halogens is 1. The second kappa shape index (κ2) is 7.72. The molecule has 2 unspecified atom stereocenters. The van der Waals surface area contributed by atoms with Gasteiger partial charge in [0.1, 0.15) is 5.82 Å². The van der Waals surface area contributed by atoms with Gasteiger partial charge in [-0.15, -0.1) is 0 Å². The minimum Gasteiger partial charge on any atom is -0.374 e. The lowest BCUT2D eigenvalue weighted by atomic mass is 9.75. The highest BCUT2D eigenvalue weighted by atomic mass is 19.1. The van der Waals surface area contributed by atoms with Crippen LogP contribution in [0.3, 0.4) is 0 Å². The lowest BCUT2D eigenvalue weighted by Gasteiger charge is -2.33. The highest BCUT2D eigenvalue weighted by Crippen LogP contribution is 2.41. The van der Waals surface area contributed by atoms with Crippen molar-refractivity contribution in [3.8, 4) is 5.69 Å². The summed E-state index contributed by atoms with van der Waals surface area (Å²) < 4.78 is 21.2. The van der Waals surface area contributed by atoms with Gasteiger partial charge in [0.2, 0.25) is 0 Å². The van der Waals surface area contributed by atoms with Crippen LogP contribution in [0, 0.1) is 11.2 Å². The SMILES string of the molecule is CCOC(CC1(C)C=Cc2c(cnn2-c2ccc(F)cc2)C1)c1ccccc1. The van der Waals surface area contributed by atoms with Gasteiger partial charge in [0.15, 0.2) is 0 Å². The zero-order chi connectivity index (χ0) is 19.6. The normalized spacial score (nSPS) is 19.4. The molecular formula is C24H25FN2O. The van der Waals surface area contributed by atoms with Gasteiger partial charge in [-0.1, -0.05) is 43.3 Å². The van der Waals surface area contributed by atoms with Gasteiger partial charge in [0, 0.05) is 6.61 Å². The van der Waals surface area contributed by atoms with Gasteiger partial charge in [-0.05, 0) is 66.6 Å². The van der Waals surface area contributed by atoms with Crippen molar-refractivity contribution in [3.05, 3.63) is 89.5 Å². The Hall–Kier alpha value is -2.72. The van der Waals surface area contributed by atoms with Crippen LogP contribution in [0.1, 0.15) is 43.2 Å². The van der Waals surface area contributed by atoms with E-state index in [0.29, 0.717) is 6.61 Å². The Balaban J connectivity index is 1.58. The van der Waals surface area contributed by atoms with Crippen LogP contribution in [0.4, 0.5) is 4.39 Å². The molecule has 0 fully saturated rings. The molecule has 3 nitrogen and oxygen atoms in total. The summed E-state index contributed by atoms with van der Waals surface area (Å²) in [5, 5.41) is 4.55. The molecule has 28 heavy (non-hydrogen) atoms. The third kappa shape index (κ3) is 3.78. The van der Waals surface area contributed by atoms with E-state index >= 15 is 0 Å². The molecule has 1 aliphatic rings. The summed E-state index contributed by atoms with van der Waals surface area (Å²) in [6.07, 6.45) is 8.21. The van der Waals surface area contributed by atoms with Crippen LogP contribution in [0.15, 0.2) is 66.9 Å². The summed E-state index contributed by atoms with van der Waals surface area (Å²) in [6.45, 7) is 5.00. The second-order valence-electron chi connectivity index (χ2n) is 7.67. The van der Waals surface area contributed by atoms with Crippen molar-refractivity contribution in [1.82, 2.24) is 9.78 Å². The van der Waals surface area contributed by atoms with E-state index in [-0.39, 0.29) is 17.3 Å². The molecule has 0 radical (unpaired) electrons. The first kappa shape index (κ1) is 18.6. The number of hydrogen-bond donors (Lipinski definition) is 0. The molecule has 0 amide bonds. The van der Waals surface area contributed by atoms with E-state index in [9.17, 15) is 4.39 Å². The van der Waals surface area contributed by atoms with E-state index in [4.69, 9.17) is 4.74 Å². The van der Waals surface area contributed by atoms with Gasteiger partial charge in [-0.3, -0.25) is 0 Å². The van der Waals surface area contributed by atoms with Crippen LogP contribution >= 0.6 is 0 Å². The van der Waals surface area contributed by atoms with Crippen LogP contribution < -0.4 is 0 Å². The van der Waals surface area contributed by atoms with Crippen LogP contribution in [-0.4, -0.2) is 16.4 Å². The summed E-state index contributed by atoms with van der Waals surface area (Å²) in [6, 6.07) is 16.9. The quantitative estimate of drug-likeness (QED) is 0.547. The predicted octanol–water partition coefficient (Wildman–Crippen LogP) is 5.75. The van der Waals surface area contributed by atoms with Crippen LogP contribution in [-0.2, 0) is 11.2 Å². The number of hydrogen-bond acceptors (Lipinski definition) is 2. The van der Waals surface area contributed by atoms with Crippen molar-refractivity contribution >= 4 is 6.08 Å². The Bertz CT molecular complexity index is 962. The number of benzene rings is 2. The number of allylic oxidation sites excluding steroid dienone is 1. The van der Waals surface area contributed by atoms with E-state index in [1.165, 1.54) is 23.3 Å². The molecule has 3 aromatic rings. The predicted molar refractivity (Wildman–Crippen MR) is 110 cm³/mol. The number of fused-ring (bicyclic) bond motifs is 1. The summed E-state index contributed by atoms with van der Waals surface area (Å²) >= 11 is 0. The number of aromatic nitrogens is 2. The third-order valence-corrected chi connectivity index (χ3v) is 5.39. The van der Waals surface area contributed by atoms with Crippen molar-refractivity contribution < 1.29 is 9.13 Å². The second-order valence-corrected chi connectivity index (χ2v) is 7.67. The maximum absolute atomic E-state index is 13.2. The van der Waals surface area contributed by atoms with Gasteiger partial charge in [-0.25, -0.2) is 9.07 Å². The fourth-order valence-electron chi connectivity index (χ4n) is 3.97. The Kier molecular flexibility index (Phi) is 5.14. The Labute approximate surface area is 165 Å². The summed E-state index contributed by atoms with van der Waals surface area (Å²) in [5.74, 6) is -0.240. The topological polar surface area (TPSA) is 27.1 Å². The molecule has 0 saturated carbocycles. The molecule has 4 heteroatoms. The lowest BCUT2D eigenvalue weighted by molar-refractivity contribution is 0.0345. The summed E-state index contributed by atoms with van der Waals surface area (Å²) in [7, 11) is 0. The third-order valence-electron chi connectivity index (χ3n) is 5.39. The highest BCUT2D eigenvalue weighted by Gasteiger charge is 2.32. The van der Waals surface area contributed by atoms with Crippen molar-refractivity contribution in [2.24, 2.45) is 5.41 Å². The van der Waals surface area contributed by atoms with E-state index in [1.807, 2.05) is 23.9 Å². The Morgan fingerprint density at radius 1 is 1.14 bits per heavy atom. The minimum absolute atomic E-state index is 0.0145. The maximum Gasteiger partial charge on any atom is 0.123 e. The van der Waals surface area contributed by atoms with Crippen LogP contribution in [0.5, 0.6) is 0 Å². The Morgan fingerprint density at radius 3 is 2.61 bits per heavy atom. The largest absolute Gasteiger partial charge is 0.374 e. The molecule has 4 rings (SSSR count). The molecule has 2 atom stereocenters. The van der Waals surface area contributed by atoms with E-state index in [2.05, 4.69) is 48.4 Å². The molecule has 1 aliphatic carbocycles. The highest BCUT2D eigenvalue weighted by molar-refractivity contribution is 5.57. The lowest BCUT2D eigenvalue weighted by Crippen LogP contribution is -2.24. The Morgan fingerprint density at radius 2 is 1.89 bits per heavy atom. The van der Waals surface area contributed by atoms with Crippen molar-refractivity contribution in [2.45, 2.75) is 32.8 Å². The van der Waals surface area contributed by atoms with Gasteiger partial charge in [0.25, 0.3) is 0 Å². The molecule has 0 N–H and O–H groups in total. The molecule has 144 valence electrons. The maximum atomic E-state index is 13.2. The first-order valence-corrected chi connectivity index (χ1v) is 9.76. The molecule has 0 bridgehead atoms. The fraction of sp³-hybridized carbons (Fsp3) is 0.292. The standard InChI is InChI=1S/C24H25FN2O/c1-3-28-23(18-7-5-4-6-8-18)16-24(2)14-13-22-19(15-24)17-26-27(22)21-11-9-20(25)10-12-21/h4-14,17,23H,3,15-16H2,1-2H3. The van der Waals surface area contributed by atoms with E-state index < -0.39 is 0 Å².